The molecule has 23 heavy (non-hydrogen) atoms. The van der Waals surface area contributed by atoms with Gasteiger partial charge in [0.1, 0.15) is 0 Å². The smallest absolute Gasteiger partial charge is 0.273 e. The van der Waals surface area contributed by atoms with Gasteiger partial charge in [-0.15, -0.1) is 17.5 Å². The molecule has 1 aliphatic heterocycles. The van der Waals surface area contributed by atoms with Crippen molar-refractivity contribution < 1.29 is 4.79 Å². The van der Waals surface area contributed by atoms with Crippen LogP contribution < -0.4 is 10.6 Å². The summed E-state index contributed by atoms with van der Waals surface area (Å²) in [5, 5.41) is 14.9. The van der Waals surface area contributed by atoms with Gasteiger partial charge in [-0.3, -0.25) is 4.79 Å². The van der Waals surface area contributed by atoms with Gasteiger partial charge in [0, 0.05) is 12.1 Å². The SMILES string of the molecule is CC1CCNC(C)C1NC(=O)c1cnn(-c2ccccc2)n1.Cl. The number of halogens is 1. The van der Waals surface area contributed by atoms with Gasteiger partial charge in [0.05, 0.1) is 11.9 Å². The van der Waals surface area contributed by atoms with Crippen LogP contribution >= 0.6 is 12.4 Å². The molecule has 0 bridgehead atoms. The molecular formula is C16H22ClN5O. The highest BCUT2D eigenvalue weighted by molar-refractivity contribution is 5.92. The molecule has 2 N–H and O–H groups in total. The number of aromatic nitrogens is 3. The molecule has 1 aliphatic rings. The van der Waals surface area contributed by atoms with E-state index >= 15 is 0 Å². The van der Waals surface area contributed by atoms with Gasteiger partial charge >= 0.3 is 0 Å². The molecule has 3 rings (SSSR count). The van der Waals surface area contributed by atoms with Gasteiger partial charge in [0.2, 0.25) is 0 Å². The number of piperidine rings is 1. The lowest BCUT2D eigenvalue weighted by Crippen LogP contribution is -2.55. The summed E-state index contributed by atoms with van der Waals surface area (Å²) in [5.74, 6) is 0.277. The van der Waals surface area contributed by atoms with E-state index in [0.717, 1.165) is 18.7 Å². The molecule has 124 valence electrons. The Bertz CT molecular complexity index is 635. The molecule has 0 radical (unpaired) electrons. The fraction of sp³-hybridized carbons (Fsp3) is 0.438. The third kappa shape index (κ3) is 3.89. The normalized spacial score (nSPS) is 23.8. The summed E-state index contributed by atoms with van der Waals surface area (Å²) in [6.45, 7) is 5.27. The number of amides is 1. The Morgan fingerprint density at radius 1 is 1.30 bits per heavy atom. The van der Waals surface area contributed by atoms with Crippen molar-refractivity contribution in [1.82, 2.24) is 25.6 Å². The van der Waals surface area contributed by atoms with Crippen LogP contribution in [0.4, 0.5) is 0 Å². The van der Waals surface area contributed by atoms with Crippen molar-refractivity contribution in [2.24, 2.45) is 5.92 Å². The van der Waals surface area contributed by atoms with Crippen LogP contribution in [-0.4, -0.2) is 39.5 Å². The van der Waals surface area contributed by atoms with E-state index in [-0.39, 0.29) is 30.4 Å². The summed E-state index contributed by atoms with van der Waals surface area (Å²) in [7, 11) is 0. The van der Waals surface area contributed by atoms with Crippen molar-refractivity contribution >= 4 is 18.3 Å². The van der Waals surface area contributed by atoms with Crippen LogP contribution in [0.2, 0.25) is 0 Å². The topological polar surface area (TPSA) is 71.8 Å². The third-order valence-electron chi connectivity index (χ3n) is 4.23. The first-order chi connectivity index (χ1) is 10.6. The Morgan fingerprint density at radius 3 is 2.74 bits per heavy atom. The predicted molar refractivity (Wildman–Crippen MR) is 91.1 cm³/mol. The zero-order chi connectivity index (χ0) is 15.5. The van der Waals surface area contributed by atoms with Crippen molar-refractivity contribution in [3.05, 3.63) is 42.2 Å². The number of nitrogens with zero attached hydrogens (tertiary/aromatic N) is 3. The number of hydrogen-bond acceptors (Lipinski definition) is 4. The van der Waals surface area contributed by atoms with E-state index in [1.807, 2.05) is 30.3 Å². The Hall–Kier alpha value is -1.92. The van der Waals surface area contributed by atoms with Crippen molar-refractivity contribution in [1.29, 1.82) is 0 Å². The van der Waals surface area contributed by atoms with Crippen LogP contribution in [0.5, 0.6) is 0 Å². The average molecular weight is 336 g/mol. The third-order valence-corrected chi connectivity index (χ3v) is 4.23. The number of hydrogen-bond donors (Lipinski definition) is 2. The predicted octanol–water partition coefficient (Wildman–Crippen LogP) is 1.81. The van der Waals surface area contributed by atoms with E-state index in [9.17, 15) is 4.79 Å². The number of para-hydroxylation sites is 1. The summed E-state index contributed by atoms with van der Waals surface area (Å²) < 4.78 is 0. The van der Waals surface area contributed by atoms with E-state index in [2.05, 4.69) is 34.7 Å². The van der Waals surface area contributed by atoms with Crippen LogP contribution in [0.25, 0.3) is 5.69 Å². The second kappa shape index (κ2) is 7.57. The number of rotatable bonds is 3. The molecule has 0 saturated carbocycles. The molecule has 0 spiro atoms. The summed E-state index contributed by atoms with van der Waals surface area (Å²) in [6, 6.07) is 9.93. The minimum absolute atomic E-state index is 0. The van der Waals surface area contributed by atoms with Crippen LogP contribution in [0.15, 0.2) is 36.5 Å². The van der Waals surface area contributed by atoms with Gasteiger partial charge in [-0.2, -0.15) is 9.90 Å². The van der Waals surface area contributed by atoms with Gasteiger partial charge in [0.25, 0.3) is 5.91 Å². The fourth-order valence-corrected chi connectivity index (χ4v) is 2.88. The molecule has 1 saturated heterocycles. The second-order valence-electron chi connectivity index (χ2n) is 5.86. The second-order valence-corrected chi connectivity index (χ2v) is 5.86. The summed E-state index contributed by atoms with van der Waals surface area (Å²) in [6.07, 6.45) is 2.57. The number of carbonyl (C=O) groups excluding carboxylic acids is 1. The molecule has 1 aromatic carbocycles. The van der Waals surface area contributed by atoms with Gasteiger partial charge in [0.15, 0.2) is 5.69 Å². The van der Waals surface area contributed by atoms with Crippen molar-refractivity contribution in [3.63, 3.8) is 0 Å². The maximum atomic E-state index is 12.4. The number of carbonyl (C=O) groups is 1. The summed E-state index contributed by atoms with van der Waals surface area (Å²) in [5.41, 5.74) is 1.18. The average Bonchev–Trinajstić information content (AvgIpc) is 3.02. The van der Waals surface area contributed by atoms with Gasteiger partial charge in [-0.1, -0.05) is 25.1 Å². The number of benzene rings is 1. The maximum absolute atomic E-state index is 12.4. The highest BCUT2D eigenvalue weighted by Crippen LogP contribution is 2.16. The highest BCUT2D eigenvalue weighted by Gasteiger charge is 2.29. The van der Waals surface area contributed by atoms with E-state index in [0.29, 0.717) is 11.6 Å². The highest BCUT2D eigenvalue weighted by atomic mass is 35.5. The minimum Gasteiger partial charge on any atom is -0.346 e. The molecule has 1 amide bonds. The lowest BCUT2D eigenvalue weighted by atomic mass is 9.89. The lowest BCUT2D eigenvalue weighted by Gasteiger charge is -2.35. The molecule has 1 fully saturated rings. The largest absolute Gasteiger partial charge is 0.346 e. The molecule has 1 aromatic heterocycles. The lowest BCUT2D eigenvalue weighted by molar-refractivity contribution is 0.0892. The molecule has 6 nitrogen and oxygen atoms in total. The van der Waals surface area contributed by atoms with Gasteiger partial charge in [-0.25, -0.2) is 0 Å². The van der Waals surface area contributed by atoms with Crippen LogP contribution in [-0.2, 0) is 0 Å². The maximum Gasteiger partial charge on any atom is 0.273 e. The zero-order valence-electron chi connectivity index (χ0n) is 13.3. The van der Waals surface area contributed by atoms with Crippen molar-refractivity contribution in [2.45, 2.75) is 32.4 Å². The zero-order valence-corrected chi connectivity index (χ0v) is 14.1. The molecule has 3 unspecified atom stereocenters. The first-order valence-electron chi connectivity index (χ1n) is 7.67. The van der Waals surface area contributed by atoms with Crippen molar-refractivity contribution in [3.8, 4) is 5.69 Å². The quantitative estimate of drug-likeness (QED) is 0.897. The fourth-order valence-electron chi connectivity index (χ4n) is 2.88. The van der Waals surface area contributed by atoms with Gasteiger partial charge in [-0.05, 0) is 37.9 Å². The molecule has 2 heterocycles. The standard InChI is InChI=1S/C16H21N5O.ClH/c1-11-8-9-17-12(2)15(11)19-16(22)14-10-18-21(20-14)13-6-4-3-5-7-13;/h3-7,10-12,15,17H,8-9H2,1-2H3,(H,19,22);1H. The molecule has 3 atom stereocenters. The van der Waals surface area contributed by atoms with Crippen LogP contribution in [0.3, 0.4) is 0 Å². The molecule has 2 aromatic rings. The Morgan fingerprint density at radius 2 is 2.04 bits per heavy atom. The Balaban J connectivity index is 0.00000192. The first kappa shape index (κ1) is 17.4. The van der Waals surface area contributed by atoms with E-state index in [4.69, 9.17) is 0 Å². The van der Waals surface area contributed by atoms with E-state index in [1.54, 1.807) is 0 Å². The van der Waals surface area contributed by atoms with Crippen molar-refractivity contribution in [2.75, 3.05) is 6.54 Å². The Labute approximate surface area is 142 Å². The molecular weight excluding hydrogens is 314 g/mol. The van der Waals surface area contributed by atoms with Crippen LogP contribution in [0, 0.1) is 5.92 Å². The minimum atomic E-state index is -0.172. The molecule has 0 aliphatic carbocycles. The van der Waals surface area contributed by atoms with Gasteiger partial charge < -0.3 is 10.6 Å². The van der Waals surface area contributed by atoms with E-state index < -0.39 is 0 Å². The summed E-state index contributed by atoms with van der Waals surface area (Å²) >= 11 is 0. The first-order valence-corrected chi connectivity index (χ1v) is 7.67. The number of nitrogens with one attached hydrogen (secondary N) is 2. The van der Waals surface area contributed by atoms with E-state index in [1.165, 1.54) is 11.0 Å². The summed E-state index contributed by atoms with van der Waals surface area (Å²) in [4.78, 5) is 13.9. The monoisotopic (exact) mass is 335 g/mol. The Kier molecular flexibility index (Phi) is 5.74. The molecule has 7 heteroatoms. The van der Waals surface area contributed by atoms with Crippen LogP contribution in [0.1, 0.15) is 30.8 Å².